The van der Waals surface area contributed by atoms with Crippen LogP contribution in [0.2, 0.25) is 0 Å². The van der Waals surface area contributed by atoms with Crippen LogP contribution >= 0.6 is 27.3 Å². The van der Waals surface area contributed by atoms with Crippen molar-refractivity contribution in [3.05, 3.63) is 20.8 Å². The zero-order chi connectivity index (χ0) is 9.26. The van der Waals surface area contributed by atoms with Crippen molar-refractivity contribution in [2.24, 2.45) is 0 Å². The molecule has 2 heterocycles. The molecule has 0 saturated carbocycles. The minimum atomic E-state index is 0.0298. The Morgan fingerprint density at radius 1 is 1.62 bits per heavy atom. The van der Waals surface area contributed by atoms with E-state index in [1.54, 1.807) is 0 Å². The van der Waals surface area contributed by atoms with E-state index in [0.29, 0.717) is 6.04 Å². The Morgan fingerprint density at radius 3 is 2.85 bits per heavy atom. The Balaban J connectivity index is 1.96. The van der Waals surface area contributed by atoms with Crippen LogP contribution in [0.25, 0.3) is 0 Å². The van der Waals surface area contributed by atoms with Crippen LogP contribution in [0.1, 0.15) is 9.67 Å². The van der Waals surface area contributed by atoms with Gasteiger partial charge in [0.25, 0.3) is 5.91 Å². The van der Waals surface area contributed by atoms with Crippen LogP contribution in [-0.2, 0) is 0 Å². The molecule has 0 spiro atoms. The summed E-state index contributed by atoms with van der Waals surface area (Å²) in [6.07, 6.45) is 0. The summed E-state index contributed by atoms with van der Waals surface area (Å²) in [6, 6.07) is 4.03. The lowest BCUT2D eigenvalue weighted by Gasteiger charge is -2.27. The molecule has 1 aromatic rings. The summed E-state index contributed by atoms with van der Waals surface area (Å²) in [5, 5.41) is 6.04. The summed E-state index contributed by atoms with van der Waals surface area (Å²) in [7, 11) is 0. The molecule has 1 amide bonds. The van der Waals surface area contributed by atoms with Gasteiger partial charge in [0.15, 0.2) is 0 Å². The first kappa shape index (κ1) is 9.18. The highest BCUT2D eigenvalue weighted by Crippen LogP contribution is 2.21. The third kappa shape index (κ3) is 2.10. The maximum absolute atomic E-state index is 11.5. The fourth-order valence-corrected chi connectivity index (χ4v) is 2.37. The van der Waals surface area contributed by atoms with Crippen molar-refractivity contribution in [2.75, 3.05) is 13.1 Å². The molecular weight excluding hydrogens is 252 g/mol. The molecule has 0 aromatic carbocycles. The van der Waals surface area contributed by atoms with Crippen molar-refractivity contribution in [3.8, 4) is 0 Å². The van der Waals surface area contributed by atoms with E-state index in [9.17, 15) is 4.79 Å². The van der Waals surface area contributed by atoms with Gasteiger partial charge in [-0.05, 0) is 28.1 Å². The molecule has 70 valence electrons. The molecule has 5 heteroatoms. The fourth-order valence-electron chi connectivity index (χ4n) is 1.08. The van der Waals surface area contributed by atoms with Gasteiger partial charge in [-0.2, -0.15) is 0 Å². The minimum absolute atomic E-state index is 0.0298. The summed E-state index contributed by atoms with van der Waals surface area (Å²) >= 11 is 4.78. The summed E-state index contributed by atoms with van der Waals surface area (Å²) in [5.41, 5.74) is 0. The van der Waals surface area contributed by atoms with Gasteiger partial charge < -0.3 is 10.6 Å². The Morgan fingerprint density at radius 2 is 2.38 bits per heavy atom. The smallest absolute Gasteiger partial charge is 0.261 e. The molecule has 1 saturated heterocycles. The average molecular weight is 261 g/mol. The van der Waals surface area contributed by atoms with E-state index >= 15 is 0 Å². The van der Waals surface area contributed by atoms with Gasteiger partial charge in [-0.25, -0.2) is 0 Å². The zero-order valence-corrected chi connectivity index (χ0v) is 9.24. The predicted octanol–water partition coefficient (Wildman–Crippen LogP) is 1.21. The third-order valence-electron chi connectivity index (χ3n) is 1.91. The Bertz CT molecular complexity index is 322. The van der Waals surface area contributed by atoms with E-state index in [1.165, 1.54) is 11.3 Å². The average Bonchev–Trinajstić information content (AvgIpc) is 2.44. The lowest BCUT2D eigenvalue weighted by Crippen LogP contribution is -2.56. The van der Waals surface area contributed by atoms with E-state index in [-0.39, 0.29) is 5.91 Å². The molecule has 0 radical (unpaired) electrons. The Kier molecular flexibility index (Phi) is 2.66. The molecule has 0 unspecified atom stereocenters. The number of amides is 1. The summed E-state index contributed by atoms with van der Waals surface area (Å²) in [5.74, 6) is 0.0298. The molecule has 3 nitrogen and oxygen atoms in total. The number of rotatable bonds is 2. The molecule has 2 N–H and O–H groups in total. The molecular formula is C8H9BrN2OS. The van der Waals surface area contributed by atoms with Crippen molar-refractivity contribution in [1.29, 1.82) is 0 Å². The zero-order valence-electron chi connectivity index (χ0n) is 6.84. The number of carbonyl (C=O) groups is 1. The Hall–Kier alpha value is -0.390. The van der Waals surface area contributed by atoms with Crippen LogP contribution in [0.3, 0.4) is 0 Å². The minimum Gasteiger partial charge on any atom is -0.346 e. The highest BCUT2D eigenvalue weighted by molar-refractivity contribution is 9.11. The summed E-state index contributed by atoms with van der Waals surface area (Å²) in [6.45, 7) is 1.77. The van der Waals surface area contributed by atoms with Gasteiger partial charge in [0.1, 0.15) is 0 Å². The highest BCUT2D eigenvalue weighted by Gasteiger charge is 2.19. The van der Waals surface area contributed by atoms with E-state index < -0.39 is 0 Å². The van der Waals surface area contributed by atoms with Crippen LogP contribution in [-0.4, -0.2) is 25.0 Å². The monoisotopic (exact) mass is 260 g/mol. The Labute approximate surface area is 88.7 Å². The quantitative estimate of drug-likeness (QED) is 0.840. The molecule has 1 aliphatic heterocycles. The van der Waals surface area contributed by atoms with Crippen molar-refractivity contribution in [3.63, 3.8) is 0 Å². The first-order chi connectivity index (χ1) is 6.25. The molecule has 13 heavy (non-hydrogen) atoms. The highest BCUT2D eigenvalue weighted by atomic mass is 79.9. The third-order valence-corrected chi connectivity index (χ3v) is 3.54. The SMILES string of the molecule is O=C(NC1CNC1)c1ccc(Br)s1. The van der Waals surface area contributed by atoms with Crippen LogP contribution in [0.15, 0.2) is 15.9 Å². The largest absolute Gasteiger partial charge is 0.346 e. The summed E-state index contributed by atoms with van der Waals surface area (Å²) < 4.78 is 0.990. The number of hydrogen-bond acceptors (Lipinski definition) is 3. The van der Waals surface area contributed by atoms with Crippen LogP contribution < -0.4 is 10.6 Å². The number of thiophene rings is 1. The number of nitrogens with one attached hydrogen (secondary N) is 2. The molecule has 0 aliphatic carbocycles. The van der Waals surface area contributed by atoms with Crippen molar-refractivity contribution < 1.29 is 4.79 Å². The van der Waals surface area contributed by atoms with Gasteiger partial charge in [-0.3, -0.25) is 4.79 Å². The second-order valence-corrected chi connectivity index (χ2v) is 5.40. The fraction of sp³-hybridized carbons (Fsp3) is 0.375. The van der Waals surface area contributed by atoms with Gasteiger partial charge >= 0.3 is 0 Å². The topological polar surface area (TPSA) is 41.1 Å². The number of carbonyl (C=O) groups excluding carboxylic acids is 1. The van der Waals surface area contributed by atoms with Crippen molar-refractivity contribution in [2.45, 2.75) is 6.04 Å². The molecule has 1 fully saturated rings. The van der Waals surface area contributed by atoms with Crippen LogP contribution in [0.4, 0.5) is 0 Å². The standard InChI is InChI=1S/C8H9BrN2OS/c9-7-2-1-6(13-7)8(12)11-5-3-10-4-5/h1-2,5,10H,3-4H2,(H,11,12). The number of hydrogen-bond donors (Lipinski definition) is 2. The molecule has 0 atom stereocenters. The molecule has 1 aliphatic rings. The van der Waals surface area contributed by atoms with Gasteiger partial charge in [-0.1, -0.05) is 0 Å². The second kappa shape index (κ2) is 3.77. The van der Waals surface area contributed by atoms with Crippen LogP contribution in [0.5, 0.6) is 0 Å². The molecule has 0 bridgehead atoms. The maximum Gasteiger partial charge on any atom is 0.261 e. The predicted molar refractivity (Wildman–Crippen MR) is 56.1 cm³/mol. The van der Waals surface area contributed by atoms with E-state index in [2.05, 4.69) is 26.6 Å². The summed E-state index contributed by atoms with van der Waals surface area (Å²) in [4.78, 5) is 12.3. The van der Waals surface area contributed by atoms with E-state index in [1.807, 2.05) is 12.1 Å². The first-order valence-corrected chi connectivity index (χ1v) is 5.63. The first-order valence-electron chi connectivity index (χ1n) is 4.02. The van der Waals surface area contributed by atoms with Gasteiger partial charge in [0.2, 0.25) is 0 Å². The van der Waals surface area contributed by atoms with Crippen molar-refractivity contribution in [1.82, 2.24) is 10.6 Å². The van der Waals surface area contributed by atoms with E-state index in [0.717, 1.165) is 21.8 Å². The normalized spacial score (nSPS) is 16.7. The second-order valence-electron chi connectivity index (χ2n) is 2.93. The lowest BCUT2D eigenvalue weighted by atomic mass is 10.2. The van der Waals surface area contributed by atoms with Gasteiger partial charge in [0, 0.05) is 13.1 Å². The number of halogens is 1. The van der Waals surface area contributed by atoms with Gasteiger partial charge in [-0.15, -0.1) is 11.3 Å². The van der Waals surface area contributed by atoms with Crippen molar-refractivity contribution >= 4 is 33.2 Å². The molecule has 2 rings (SSSR count). The van der Waals surface area contributed by atoms with E-state index in [4.69, 9.17) is 0 Å². The maximum atomic E-state index is 11.5. The van der Waals surface area contributed by atoms with Crippen LogP contribution in [0, 0.1) is 0 Å². The van der Waals surface area contributed by atoms with Gasteiger partial charge in [0.05, 0.1) is 14.7 Å². The molecule has 1 aromatic heterocycles. The lowest BCUT2D eigenvalue weighted by molar-refractivity contribution is 0.0928.